The van der Waals surface area contributed by atoms with E-state index in [-0.39, 0.29) is 0 Å². The highest BCUT2D eigenvalue weighted by Crippen LogP contribution is 2.27. The van der Waals surface area contributed by atoms with Gasteiger partial charge < -0.3 is 0 Å². The van der Waals surface area contributed by atoms with Gasteiger partial charge in [-0.1, -0.05) is 35.9 Å². The molecule has 0 unspecified atom stereocenters. The van der Waals surface area contributed by atoms with Crippen LogP contribution in [0.1, 0.15) is 16.7 Å². The first kappa shape index (κ1) is 13.1. The van der Waals surface area contributed by atoms with Crippen LogP contribution < -0.4 is 0 Å². The van der Waals surface area contributed by atoms with Crippen LogP contribution in [0.2, 0.25) is 5.15 Å². The molecule has 2 nitrogen and oxygen atoms in total. The minimum Gasteiger partial charge on any atom is -0.228 e. The summed E-state index contributed by atoms with van der Waals surface area (Å²) >= 11 is 6.30. The van der Waals surface area contributed by atoms with E-state index in [9.17, 15) is 0 Å². The normalized spacial score (nSPS) is 11.0. The molecular weight excluding hydrogens is 268 g/mol. The largest absolute Gasteiger partial charge is 0.228 e. The molecule has 0 spiro atoms. The van der Waals surface area contributed by atoms with E-state index in [2.05, 4.69) is 35.9 Å². The van der Waals surface area contributed by atoms with Gasteiger partial charge in [0.25, 0.3) is 0 Å². The number of aromatic nitrogens is 2. The zero-order chi connectivity index (χ0) is 14.3. The highest BCUT2D eigenvalue weighted by atomic mass is 35.5. The summed E-state index contributed by atoms with van der Waals surface area (Å²) in [6.45, 7) is 6.22. The number of rotatable bonds is 1. The van der Waals surface area contributed by atoms with Gasteiger partial charge in [0.15, 0.2) is 5.82 Å². The van der Waals surface area contributed by atoms with Crippen molar-refractivity contribution in [3.05, 3.63) is 58.2 Å². The SMILES string of the molecule is Cc1ccc(-c2nc(Cl)c3cccc(C)c3n2)cc1C. The Morgan fingerprint density at radius 3 is 2.40 bits per heavy atom. The summed E-state index contributed by atoms with van der Waals surface area (Å²) in [6.07, 6.45) is 0. The van der Waals surface area contributed by atoms with Crippen LogP contribution in [0.15, 0.2) is 36.4 Å². The summed E-state index contributed by atoms with van der Waals surface area (Å²) in [7, 11) is 0. The number of fused-ring (bicyclic) bond motifs is 1. The topological polar surface area (TPSA) is 25.8 Å². The fourth-order valence-electron chi connectivity index (χ4n) is 2.27. The molecule has 0 aliphatic heterocycles. The van der Waals surface area contributed by atoms with E-state index in [0.717, 1.165) is 22.0 Å². The lowest BCUT2D eigenvalue weighted by molar-refractivity contribution is 1.21. The highest BCUT2D eigenvalue weighted by molar-refractivity contribution is 6.34. The molecule has 100 valence electrons. The minimum absolute atomic E-state index is 0.506. The van der Waals surface area contributed by atoms with Gasteiger partial charge in [-0.3, -0.25) is 0 Å². The van der Waals surface area contributed by atoms with Crippen LogP contribution in [-0.4, -0.2) is 9.97 Å². The van der Waals surface area contributed by atoms with Crippen LogP contribution in [0.4, 0.5) is 0 Å². The summed E-state index contributed by atoms with van der Waals surface area (Å²) in [5.74, 6) is 0.680. The summed E-state index contributed by atoms with van der Waals surface area (Å²) in [4.78, 5) is 9.12. The van der Waals surface area contributed by atoms with Gasteiger partial charge in [0.05, 0.1) is 5.52 Å². The molecule has 0 saturated carbocycles. The Bertz CT molecular complexity index is 809. The molecular formula is C17H15ClN2. The standard InChI is InChI=1S/C17H15ClN2/c1-10-7-8-13(9-12(10)3)17-19-15-11(2)5-4-6-14(15)16(18)20-17/h4-9H,1-3H3. The van der Waals surface area contributed by atoms with E-state index < -0.39 is 0 Å². The predicted molar refractivity (Wildman–Crippen MR) is 84.2 cm³/mol. The molecule has 0 radical (unpaired) electrons. The molecule has 2 aromatic carbocycles. The van der Waals surface area contributed by atoms with Crippen molar-refractivity contribution >= 4 is 22.5 Å². The van der Waals surface area contributed by atoms with Crippen LogP contribution in [0, 0.1) is 20.8 Å². The van der Waals surface area contributed by atoms with Crippen molar-refractivity contribution in [2.75, 3.05) is 0 Å². The van der Waals surface area contributed by atoms with Crippen molar-refractivity contribution < 1.29 is 0 Å². The van der Waals surface area contributed by atoms with E-state index >= 15 is 0 Å². The van der Waals surface area contributed by atoms with Gasteiger partial charge in [-0.05, 0) is 49.6 Å². The third-order valence-corrected chi connectivity index (χ3v) is 3.93. The molecule has 0 bridgehead atoms. The van der Waals surface area contributed by atoms with Crippen molar-refractivity contribution in [2.45, 2.75) is 20.8 Å². The first-order valence-corrected chi connectivity index (χ1v) is 6.94. The fourth-order valence-corrected chi connectivity index (χ4v) is 2.50. The zero-order valence-electron chi connectivity index (χ0n) is 11.7. The lowest BCUT2D eigenvalue weighted by Crippen LogP contribution is -1.94. The number of halogens is 1. The van der Waals surface area contributed by atoms with Crippen LogP contribution in [0.5, 0.6) is 0 Å². The molecule has 0 amide bonds. The molecule has 1 aromatic heterocycles. The van der Waals surface area contributed by atoms with Crippen LogP contribution in [0.3, 0.4) is 0 Å². The van der Waals surface area contributed by atoms with Gasteiger partial charge in [0, 0.05) is 10.9 Å². The second kappa shape index (κ2) is 4.88. The maximum Gasteiger partial charge on any atom is 0.161 e. The molecule has 1 heterocycles. The highest BCUT2D eigenvalue weighted by Gasteiger charge is 2.09. The lowest BCUT2D eigenvalue weighted by atomic mass is 10.1. The van der Waals surface area contributed by atoms with Crippen LogP contribution >= 0.6 is 11.6 Å². The predicted octanol–water partition coefficient (Wildman–Crippen LogP) is 4.88. The van der Waals surface area contributed by atoms with Gasteiger partial charge in [-0.25, -0.2) is 9.97 Å². The third kappa shape index (κ3) is 2.16. The Morgan fingerprint density at radius 1 is 0.850 bits per heavy atom. The van der Waals surface area contributed by atoms with Crippen molar-refractivity contribution in [3.8, 4) is 11.4 Å². The second-order valence-corrected chi connectivity index (χ2v) is 5.47. The zero-order valence-corrected chi connectivity index (χ0v) is 12.5. The van der Waals surface area contributed by atoms with Gasteiger partial charge in [0.1, 0.15) is 5.15 Å². The number of nitrogens with zero attached hydrogens (tertiary/aromatic N) is 2. The van der Waals surface area contributed by atoms with Gasteiger partial charge in [0.2, 0.25) is 0 Å². The number of hydrogen-bond acceptors (Lipinski definition) is 2. The minimum atomic E-state index is 0.506. The molecule has 3 rings (SSSR count). The Balaban J connectivity index is 2.26. The van der Waals surface area contributed by atoms with Crippen LogP contribution in [-0.2, 0) is 0 Å². The fraction of sp³-hybridized carbons (Fsp3) is 0.176. The lowest BCUT2D eigenvalue weighted by Gasteiger charge is -2.08. The first-order chi connectivity index (χ1) is 9.56. The Hall–Kier alpha value is -1.93. The van der Waals surface area contributed by atoms with Crippen molar-refractivity contribution in [1.82, 2.24) is 9.97 Å². The molecule has 3 aromatic rings. The molecule has 0 saturated heterocycles. The summed E-state index contributed by atoms with van der Waals surface area (Å²) in [5.41, 5.74) is 5.52. The quantitative estimate of drug-likeness (QED) is 0.595. The smallest absolute Gasteiger partial charge is 0.161 e. The molecule has 0 atom stereocenters. The van der Waals surface area contributed by atoms with E-state index in [0.29, 0.717) is 11.0 Å². The van der Waals surface area contributed by atoms with Gasteiger partial charge in [-0.2, -0.15) is 0 Å². The number of para-hydroxylation sites is 1. The average Bonchev–Trinajstić information content (AvgIpc) is 2.43. The van der Waals surface area contributed by atoms with E-state index in [1.165, 1.54) is 11.1 Å². The molecule has 3 heteroatoms. The van der Waals surface area contributed by atoms with E-state index in [1.807, 2.05) is 31.2 Å². The summed E-state index contributed by atoms with van der Waals surface area (Å²) < 4.78 is 0. The molecule has 0 N–H and O–H groups in total. The monoisotopic (exact) mass is 282 g/mol. The van der Waals surface area contributed by atoms with Crippen molar-refractivity contribution in [2.24, 2.45) is 0 Å². The Kier molecular flexibility index (Phi) is 3.19. The van der Waals surface area contributed by atoms with Crippen LogP contribution in [0.25, 0.3) is 22.3 Å². The maximum atomic E-state index is 6.30. The molecule has 0 aliphatic rings. The molecule has 20 heavy (non-hydrogen) atoms. The average molecular weight is 283 g/mol. The van der Waals surface area contributed by atoms with E-state index in [1.54, 1.807) is 0 Å². The second-order valence-electron chi connectivity index (χ2n) is 5.11. The number of aryl methyl sites for hydroxylation is 3. The van der Waals surface area contributed by atoms with Gasteiger partial charge >= 0.3 is 0 Å². The molecule has 0 fully saturated rings. The summed E-state index contributed by atoms with van der Waals surface area (Å²) in [6, 6.07) is 12.2. The maximum absolute atomic E-state index is 6.30. The molecule has 0 aliphatic carbocycles. The Morgan fingerprint density at radius 2 is 1.65 bits per heavy atom. The number of benzene rings is 2. The first-order valence-electron chi connectivity index (χ1n) is 6.57. The Labute approximate surface area is 123 Å². The van der Waals surface area contributed by atoms with E-state index in [4.69, 9.17) is 11.6 Å². The summed E-state index contributed by atoms with van der Waals surface area (Å²) in [5, 5.41) is 1.41. The third-order valence-electron chi connectivity index (χ3n) is 3.65. The van der Waals surface area contributed by atoms with Crippen molar-refractivity contribution in [3.63, 3.8) is 0 Å². The van der Waals surface area contributed by atoms with Gasteiger partial charge in [-0.15, -0.1) is 0 Å². The van der Waals surface area contributed by atoms with Crippen molar-refractivity contribution in [1.29, 1.82) is 0 Å². The number of hydrogen-bond donors (Lipinski definition) is 0.